The average Bonchev–Trinajstić information content (AvgIpc) is 2.39. The zero-order valence-electron chi connectivity index (χ0n) is 11.6. The third-order valence-corrected chi connectivity index (χ3v) is 2.60. The Hall–Kier alpha value is -0.664. The van der Waals surface area contributed by atoms with Gasteiger partial charge >= 0.3 is 63.3 Å². The first-order valence-corrected chi connectivity index (χ1v) is 6.41. The summed E-state index contributed by atoms with van der Waals surface area (Å²) in [6.07, 6.45) is 1.59. The Bertz CT molecular complexity index is 488. The number of benzene rings is 1. The van der Waals surface area contributed by atoms with E-state index in [9.17, 15) is 14.7 Å². The van der Waals surface area contributed by atoms with Gasteiger partial charge in [0, 0.05) is 18.2 Å². The first-order chi connectivity index (χ1) is 9.52. The van der Waals surface area contributed by atoms with Crippen molar-refractivity contribution in [1.82, 2.24) is 5.32 Å². The minimum atomic E-state index is -0.967. The van der Waals surface area contributed by atoms with E-state index in [2.05, 4.69) is 5.32 Å². The summed E-state index contributed by atoms with van der Waals surface area (Å²) in [5.41, 5.74) is 1.38. The van der Waals surface area contributed by atoms with Crippen molar-refractivity contribution in [2.24, 2.45) is 0 Å². The molecule has 110 valence electrons. The van der Waals surface area contributed by atoms with E-state index in [4.69, 9.17) is 4.74 Å². The van der Waals surface area contributed by atoms with Gasteiger partial charge in [-0.2, -0.15) is 0 Å². The second-order valence-electron chi connectivity index (χ2n) is 4.30. The van der Waals surface area contributed by atoms with Crippen LogP contribution >= 0.6 is 0 Å². The molecule has 0 radical (unpaired) electrons. The fraction of sp³-hybridized carbons (Fsp3) is 0.333. The molecule has 1 atom stereocenters. The molecule has 0 aliphatic carbocycles. The van der Waals surface area contributed by atoms with Gasteiger partial charge in [0.1, 0.15) is 6.04 Å². The minimum absolute atomic E-state index is 0. The van der Waals surface area contributed by atoms with Crippen LogP contribution < -0.4 is 5.32 Å². The van der Waals surface area contributed by atoms with Crippen molar-refractivity contribution in [3.8, 4) is 0 Å². The Labute approximate surface area is 167 Å². The van der Waals surface area contributed by atoms with Gasteiger partial charge < -0.3 is 15.2 Å². The maximum absolute atomic E-state index is 11.3. The van der Waals surface area contributed by atoms with Gasteiger partial charge in [0.25, 0.3) is 0 Å². The first kappa shape index (κ1) is 20.3. The normalized spacial score (nSPS) is 12.0. The summed E-state index contributed by atoms with van der Waals surface area (Å²) in [5.74, 6) is -1.45. The number of aliphatic carboxylic acids is 1. The number of ether oxygens (including phenoxy) is 1. The number of rotatable bonds is 7. The van der Waals surface area contributed by atoms with Gasteiger partial charge in [0.05, 0.1) is 6.61 Å². The molecule has 0 saturated heterocycles. The SMILES string of the molecule is CCOC(=O)/C=C(/C)N[C@@H](Cc1ccccc1)C(=O)O.[KH]. The molecule has 6 heteroatoms. The van der Waals surface area contributed by atoms with Crippen LogP contribution in [0.25, 0.3) is 0 Å². The van der Waals surface area contributed by atoms with Gasteiger partial charge in [-0.05, 0) is 19.4 Å². The van der Waals surface area contributed by atoms with Crippen LogP contribution in [0.2, 0.25) is 0 Å². The number of hydrogen-bond acceptors (Lipinski definition) is 4. The van der Waals surface area contributed by atoms with Crippen molar-refractivity contribution < 1.29 is 19.4 Å². The molecule has 2 N–H and O–H groups in total. The molecule has 0 aromatic heterocycles. The number of allylic oxidation sites excluding steroid dienone is 1. The van der Waals surface area contributed by atoms with Crippen LogP contribution in [-0.4, -0.2) is 81.1 Å². The quantitative estimate of drug-likeness (QED) is 0.447. The summed E-state index contributed by atoms with van der Waals surface area (Å²) < 4.78 is 4.77. The van der Waals surface area contributed by atoms with Crippen LogP contribution in [0.5, 0.6) is 0 Å². The second kappa shape index (κ2) is 11.0. The third-order valence-electron chi connectivity index (χ3n) is 2.60. The molecule has 0 unspecified atom stereocenters. The van der Waals surface area contributed by atoms with Crippen LogP contribution in [0.3, 0.4) is 0 Å². The van der Waals surface area contributed by atoms with Crippen LogP contribution in [-0.2, 0) is 20.7 Å². The molecule has 1 rings (SSSR count). The zero-order valence-corrected chi connectivity index (χ0v) is 11.6. The van der Waals surface area contributed by atoms with Crippen LogP contribution in [0, 0.1) is 0 Å². The summed E-state index contributed by atoms with van der Waals surface area (Å²) in [4.78, 5) is 22.5. The molecule has 21 heavy (non-hydrogen) atoms. The van der Waals surface area contributed by atoms with Gasteiger partial charge in [-0.25, -0.2) is 9.59 Å². The molecule has 0 aliphatic rings. The van der Waals surface area contributed by atoms with E-state index in [1.807, 2.05) is 30.3 Å². The fourth-order valence-corrected chi connectivity index (χ4v) is 1.73. The zero-order chi connectivity index (χ0) is 15.0. The standard InChI is InChI=1S/C15H19NO4.K.H/c1-3-20-14(17)9-11(2)16-13(15(18)19)10-12-7-5-4-6-8-12;;/h4-9,13,16H,3,10H2,1-2H3,(H,18,19);;/b11-9-;;/t13-;;/m0../s1. The number of hydrogen-bond donors (Lipinski definition) is 2. The number of esters is 1. The molecule has 0 fully saturated rings. The molecular weight excluding hydrogens is 297 g/mol. The molecule has 0 bridgehead atoms. The topological polar surface area (TPSA) is 75.6 Å². The Morgan fingerprint density at radius 2 is 1.95 bits per heavy atom. The van der Waals surface area contributed by atoms with Crippen molar-refractivity contribution in [2.75, 3.05) is 6.61 Å². The van der Waals surface area contributed by atoms with E-state index in [-0.39, 0.29) is 58.0 Å². The van der Waals surface area contributed by atoms with Crippen molar-refractivity contribution in [1.29, 1.82) is 0 Å². The summed E-state index contributed by atoms with van der Waals surface area (Å²) in [7, 11) is 0. The van der Waals surface area contributed by atoms with E-state index >= 15 is 0 Å². The Balaban J connectivity index is 0.00000400. The van der Waals surface area contributed by atoms with E-state index in [0.717, 1.165) is 5.56 Å². The van der Waals surface area contributed by atoms with Gasteiger partial charge in [0.15, 0.2) is 0 Å². The number of carbonyl (C=O) groups is 2. The average molecular weight is 317 g/mol. The van der Waals surface area contributed by atoms with E-state index in [1.54, 1.807) is 13.8 Å². The molecule has 1 aromatic rings. The molecule has 0 saturated carbocycles. The summed E-state index contributed by atoms with van der Waals surface area (Å²) in [5, 5.41) is 12.0. The third kappa shape index (κ3) is 8.38. The molecule has 0 aliphatic heterocycles. The summed E-state index contributed by atoms with van der Waals surface area (Å²) in [6.45, 7) is 3.64. The number of carboxylic acid groups (broad SMARTS) is 1. The first-order valence-electron chi connectivity index (χ1n) is 6.41. The molecule has 1 aromatic carbocycles. The Kier molecular flexibility index (Phi) is 10.6. The molecule has 5 nitrogen and oxygen atoms in total. The predicted octanol–water partition coefficient (Wildman–Crippen LogP) is 1.09. The Morgan fingerprint density at radius 3 is 2.48 bits per heavy atom. The van der Waals surface area contributed by atoms with Crippen LogP contribution in [0.15, 0.2) is 42.1 Å². The van der Waals surface area contributed by atoms with Crippen LogP contribution in [0.4, 0.5) is 0 Å². The molecule has 0 spiro atoms. The van der Waals surface area contributed by atoms with Crippen molar-refractivity contribution in [3.63, 3.8) is 0 Å². The van der Waals surface area contributed by atoms with Gasteiger partial charge in [-0.3, -0.25) is 0 Å². The number of nitrogens with one attached hydrogen (secondary N) is 1. The number of carboxylic acids is 1. The van der Waals surface area contributed by atoms with Gasteiger partial charge in [-0.15, -0.1) is 0 Å². The van der Waals surface area contributed by atoms with Crippen molar-refractivity contribution >= 4 is 63.3 Å². The van der Waals surface area contributed by atoms with Crippen molar-refractivity contribution in [2.45, 2.75) is 26.3 Å². The second-order valence-corrected chi connectivity index (χ2v) is 4.30. The Morgan fingerprint density at radius 1 is 1.33 bits per heavy atom. The number of carbonyl (C=O) groups excluding carboxylic acids is 1. The fourth-order valence-electron chi connectivity index (χ4n) is 1.73. The summed E-state index contributed by atoms with van der Waals surface area (Å²) in [6, 6.07) is 8.52. The summed E-state index contributed by atoms with van der Waals surface area (Å²) >= 11 is 0. The predicted molar refractivity (Wildman–Crippen MR) is 82.2 cm³/mol. The van der Waals surface area contributed by atoms with Gasteiger partial charge in [0.2, 0.25) is 0 Å². The van der Waals surface area contributed by atoms with E-state index in [0.29, 0.717) is 12.1 Å². The van der Waals surface area contributed by atoms with Crippen molar-refractivity contribution in [3.05, 3.63) is 47.7 Å². The van der Waals surface area contributed by atoms with Crippen LogP contribution in [0.1, 0.15) is 19.4 Å². The van der Waals surface area contributed by atoms with E-state index < -0.39 is 18.0 Å². The maximum atomic E-state index is 11.3. The molecular formula is C15H20KNO4. The molecule has 0 heterocycles. The van der Waals surface area contributed by atoms with E-state index in [1.165, 1.54) is 6.08 Å². The van der Waals surface area contributed by atoms with Gasteiger partial charge in [-0.1, -0.05) is 30.3 Å². The monoisotopic (exact) mass is 317 g/mol. The molecule has 0 amide bonds.